The summed E-state index contributed by atoms with van der Waals surface area (Å²) in [7, 11) is 1.67. The zero-order valence-corrected chi connectivity index (χ0v) is 14.9. The largest absolute Gasteiger partial charge is 0.497 e. The molecule has 122 valence electrons. The SMILES string of the molecule is COc1ccc(COCc2ncc(Br)cc2N2CCCC2)cc1. The minimum Gasteiger partial charge on any atom is -0.497 e. The highest BCUT2D eigenvalue weighted by atomic mass is 79.9. The Hall–Kier alpha value is -1.59. The topological polar surface area (TPSA) is 34.6 Å². The van der Waals surface area contributed by atoms with Gasteiger partial charge in [0, 0.05) is 23.8 Å². The molecular weight excluding hydrogens is 356 g/mol. The number of nitrogens with zero attached hydrogens (tertiary/aromatic N) is 2. The van der Waals surface area contributed by atoms with Crippen LogP contribution in [0.15, 0.2) is 41.0 Å². The van der Waals surface area contributed by atoms with E-state index in [1.54, 1.807) is 7.11 Å². The van der Waals surface area contributed by atoms with Crippen molar-refractivity contribution in [3.8, 4) is 5.75 Å². The van der Waals surface area contributed by atoms with Gasteiger partial charge >= 0.3 is 0 Å². The maximum Gasteiger partial charge on any atom is 0.118 e. The summed E-state index contributed by atoms with van der Waals surface area (Å²) in [6.07, 6.45) is 4.34. The highest BCUT2D eigenvalue weighted by Crippen LogP contribution is 2.27. The van der Waals surface area contributed by atoms with E-state index in [9.17, 15) is 0 Å². The molecule has 1 aliphatic rings. The number of pyridine rings is 1. The molecule has 2 aromatic rings. The summed E-state index contributed by atoms with van der Waals surface area (Å²) in [6.45, 7) is 3.29. The summed E-state index contributed by atoms with van der Waals surface area (Å²) in [6, 6.07) is 10.1. The smallest absolute Gasteiger partial charge is 0.118 e. The summed E-state index contributed by atoms with van der Waals surface area (Å²) in [5.74, 6) is 0.861. The summed E-state index contributed by atoms with van der Waals surface area (Å²) in [5.41, 5.74) is 3.32. The molecule has 0 unspecified atom stereocenters. The van der Waals surface area contributed by atoms with Crippen molar-refractivity contribution in [1.82, 2.24) is 4.98 Å². The zero-order valence-electron chi connectivity index (χ0n) is 13.3. The molecule has 0 amide bonds. The fourth-order valence-corrected chi connectivity index (χ4v) is 3.11. The number of anilines is 1. The number of ether oxygens (including phenoxy) is 2. The van der Waals surface area contributed by atoms with Crippen LogP contribution in [0.25, 0.3) is 0 Å². The zero-order chi connectivity index (χ0) is 16.1. The van der Waals surface area contributed by atoms with Crippen molar-refractivity contribution >= 4 is 21.6 Å². The number of halogens is 1. The molecule has 0 radical (unpaired) electrons. The predicted molar refractivity (Wildman–Crippen MR) is 94.9 cm³/mol. The molecule has 5 heteroatoms. The maximum absolute atomic E-state index is 5.87. The molecule has 0 saturated carbocycles. The fourth-order valence-electron chi connectivity index (χ4n) is 2.79. The van der Waals surface area contributed by atoms with Crippen LogP contribution >= 0.6 is 15.9 Å². The van der Waals surface area contributed by atoms with E-state index in [-0.39, 0.29) is 0 Å². The molecule has 1 aliphatic heterocycles. The fraction of sp³-hybridized carbons (Fsp3) is 0.389. The van der Waals surface area contributed by atoms with Gasteiger partial charge in [-0.2, -0.15) is 0 Å². The third kappa shape index (κ3) is 4.24. The molecule has 3 rings (SSSR count). The van der Waals surface area contributed by atoms with E-state index in [1.165, 1.54) is 18.5 Å². The van der Waals surface area contributed by atoms with E-state index in [0.717, 1.165) is 34.6 Å². The number of hydrogen-bond donors (Lipinski definition) is 0. The average Bonchev–Trinajstić information content (AvgIpc) is 3.11. The second-order valence-electron chi connectivity index (χ2n) is 5.65. The first-order valence-electron chi connectivity index (χ1n) is 7.86. The Labute approximate surface area is 145 Å². The van der Waals surface area contributed by atoms with Gasteiger partial charge in [0.2, 0.25) is 0 Å². The molecule has 0 bridgehead atoms. The number of hydrogen-bond acceptors (Lipinski definition) is 4. The number of benzene rings is 1. The van der Waals surface area contributed by atoms with Gasteiger partial charge in [0.05, 0.1) is 31.7 Å². The molecular formula is C18H21BrN2O2. The van der Waals surface area contributed by atoms with Gasteiger partial charge in [0.15, 0.2) is 0 Å². The Bertz CT molecular complexity index is 640. The number of aromatic nitrogens is 1. The number of methoxy groups -OCH3 is 1. The third-order valence-electron chi connectivity index (χ3n) is 4.03. The Morgan fingerprint density at radius 2 is 1.87 bits per heavy atom. The molecule has 1 aromatic heterocycles. The van der Waals surface area contributed by atoms with Crippen molar-refractivity contribution in [2.24, 2.45) is 0 Å². The summed E-state index contributed by atoms with van der Waals surface area (Å²) in [5, 5.41) is 0. The van der Waals surface area contributed by atoms with Crippen LogP contribution in [0.4, 0.5) is 5.69 Å². The van der Waals surface area contributed by atoms with Gasteiger partial charge in [-0.15, -0.1) is 0 Å². The minimum absolute atomic E-state index is 0.519. The lowest BCUT2D eigenvalue weighted by molar-refractivity contribution is 0.105. The van der Waals surface area contributed by atoms with Crippen molar-refractivity contribution in [3.63, 3.8) is 0 Å². The number of rotatable bonds is 6. The lowest BCUT2D eigenvalue weighted by Gasteiger charge is -2.21. The second kappa shape index (κ2) is 7.79. The van der Waals surface area contributed by atoms with Gasteiger partial charge in [0.1, 0.15) is 5.75 Å². The monoisotopic (exact) mass is 376 g/mol. The molecule has 1 fully saturated rings. The molecule has 4 nitrogen and oxygen atoms in total. The molecule has 1 saturated heterocycles. The molecule has 2 heterocycles. The van der Waals surface area contributed by atoms with Gasteiger partial charge in [-0.25, -0.2) is 0 Å². The second-order valence-corrected chi connectivity index (χ2v) is 6.57. The summed E-state index contributed by atoms with van der Waals surface area (Å²) < 4.78 is 12.1. The first-order chi connectivity index (χ1) is 11.3. The van der Waals surface area contributed by atoms with E-state index < -0.39 is 0 Å². The third-order valence-corrected chi connectivity index (χ3v) is 4.46. The molecule has 1 aromatic carbocycles. The van der Waals surface area contributed by atoms with Crippen molar-refractivity contribution in [1.29, 1.82) is 0 Å². The van der Waals surface area contributed by atoms with Crippen LogP contribution in [0.1, 0.15) is 24.1 Å². The summed E-state index contributed by atoms with van der Waals surface area (Å²) in [4.78, 5) is 6.94. The molecule has 0 spiro atoms. The molecule has 23 heavy (non-hydrogen) atoms. The molecule has 0 atom stereocenters. The predicted octanol–water partition coefficient (Wildman–Crippen LogP) is 4.17. The first-order valence-corrected chi connectivity index (χ1v) is 8.65. The normalized spacial score (nSPS) is 14.3. The van der Waals surface area contributed by atoms with Crippen LogP contribution in [-0.4, -0.2) is 25.2 Å². The van der Waals surface area contributed by atoms with E-state index in [2.05, 4.69) is 31.9 Å². The minimum atomic E-state index is 0.519. The Morgan fingerprint density at radius 1 is 1.13 bits per heavy atom. The van der Waals surface area contributed by atoms with Crippen molar-refractivity contribution in [3.05, 3.63) is 52.3 Å². The maximum atomic E-state index is 5.87. The van der Waals surface area contributed by atoms with Crippen LogP contribution in [0.5, 0.6) is 5.75 Å². The van der Waals surface area contributed by atoms with E-state index in [1.807, 2.05) is 30.5 Å². The van der Waals surface area contributed by atoms with E-state index in [4.69, 9.17) is 9.47 Å². The van der Waals surface area contributed by atoms with Crippen molar-refractivity contribution in [2.75, 3.05) is 25.1 Å². The van der Waals surface area contributed by atoms with Gasteiger partial charge in [0.25, 0.3) is 0 Å². The van der Waals surface area contributed by atoms with Crippen molar-refractivity contribution < 1.29 is 9.47 Å². The van der Waals surface area contributed by atoms with Gasteiger partial charge in [-0.3, -0.25) is 4.98 Å². The van der Waals surface area contributed by atoms with E-state index >= 15 is 0 Å². The van der Waals surface area contributed by atoms with Gasteiger partial charge < -0.3 is 14.4 Å². The Kier molecular flexibility index (Phi) is 5.51. The van der Waals surface area contributed by atoms with Crippen LogP contribution in [0, 0.1) is 0 Å². The van der Waals surface area contributed by atoms with Gasteiger partial charge in [-0.05, 0) is 52.5 Å². The van der Waals surface area contributed by atoms with Crippen LogP contribution in [0.3, 0.4) is 0 Å². The lowest BCUT2D eigenvalue weighted by Crippen LogP contribution is -2.20. The average molecular weight is 377 g/mol. The molecule has 0 N–H and O–H groups in total. The van der Waals surface area contributed by atoms with Crippen molar-refractivity contribution in [2.45, 2.75) is 26.1 Å². The highest BCUT2D eigenvalue weighted by molar-refractivity contribution is 9.10. The Balaban J connectivity index is 1.63. The Morgan fingerprint density at radius 3 is 2.57 bits per heavy atom. The first kappa shape index (κ1) is 16.3. The van der Waals surface area contributed by atoms with Crippen LogP contribution in [0.2, 0.25) is 0 Å². The lowest BCUT2D eigenvalue weighted by atomic mass is 10.2. The van der Waals surface area contributed by atoms with Crippen LogP contribution < -0.4 is 9.64 Å². The summed E-state index contributed by atoms with van der Waals surface area (Å²) >= 11 is 3.52. The standard InChI is InChI=1S/C18H21BrN2O2/c1-22-16-6-4-14(5-7-16)12-23-13-17-18(10-15(19)11-20-17)21-8-2-3-9-21/h4-7,10-11H,2-3,8-9,12-13H2,1H3. The van der Waals surface area contributed by atoms with Crippen LogP contribution in [-0.2, 0) is 18.0 Å². The molecule has 0 aliphatic carbocycles. The van der Waals surface area contributed by atoms with E-state index in [0.29, 0.717) is 13.2 Å². The van der Waals surface area contributed by atoms with Gasteiger partial charge in [-0.1, -0.05) is 12.1 Å². The quantitative estimate of drug-likeness (QED) is 0.757. The highest BCUT2D eigenvalue weighted by Gasteiger charge is 2.17.